The molecule has 2 amide bonds. The molecule has 1 aromatic heterocycles. The second-order valence-corrected chi connectivity index (χ2v) is 5.94. The molecule has 5 nitrogen and oxygen atoms in total. The number of hydrogen-bond acceptors (Lipinski definition) is 3. The summed E-state index contributed by atoms with van der Waals surface area (Å²) in [5.41, 5.74) is 0. The van der Waals surface area contributed by atoms with E-state index < -0.39 is 24.2 Å². The number of furan rings is 1. The molecule has 136 valence electrons. The van der Waals surface area contributed by atoms with Gasteiger partial charge in [-0.2, -0.15) is 13.2 Å². The summed E-state index contributed by atoms with van der Waals surface area (Å²) in [6, 6.07) is 2.50. The molecule has 0 aromatic carbocycles. The first-order valence-corrected chi connectivity index (χ1v) is 8.04. The van der Waals surface area contributed by atoms with Crippen molar-refractivity contribution in [3.8, 4) is 0 Å². The van der Waals surface area contributed by atoms with Crippen molar-refractivity contribution >= 4 is 6.03 Å². The van der Waals surface area contributed by atoms with Crippen LogP contribution in [0.2, 0.25) is 0 Å². The van der Waals surface area contributed by atoms with Gasteiger partial charge in [-0.25, -0.2) is 4.79 Å². The van der Waals surface area contributed by atoms with E-state index in [0.717, 1.165) is 5.76 Å². The SMILES string of the molecule is CCc1ccc(C(COC)NC(=O)N2CCCC(C(F)(F)F)C2)o1. The highest BCUT2D eigenvalue weighted by molar-refractivity contribution is 5.74. The van der Waals surface area contributed by atoms with E-state index in [-0.39, 0.29) is 19.6 Å². The van der Waals surface area contributed by atoms with Gasteiger partial charge in [0.05, 0.1) is 12.5 Å². The Morgan fingerprint density at radius 1 is 1.50 bits per heavy atom. The molecular weight excluding hydrogens is 325 g/mol. The third kappa shape index (κ3) is 4.66. The van der Waals surface area contributed by atoms with Gasteiger partial charge in [-0.15, -0.1) is 0 Å². The maximum absolute atomic E-state index is 12.9. The van der Waals surface area contributed by atoms with Crippen LogP contribution in [0.25, 0.3) is 0 Å². The molecule has 2 rings (SSSR count). The molecule has 1 aromatic rings. The molecule has 2 unspecified atom stereocenters. The van der Waals surface area contributed by atoms with E-state index >= 15 is 0 Å². The summed E-state index contributed by atoms with van der Waals surface area (Å²) in [6.45, 7) is 2.13. The third-order valence-electron chi connectivity index (χ3n) is 4.18. The van der Waals surface area contributed by atoms with Crippen LogP contribution in [-0.2, 0) is 11.2 Å². The number of likely N-dealkylation sites (tertiary alicyclic amines) is 1. The monoisotopic (exact) mass is 348 g/mol. The summed E-state index contributed by atoms with van der Waals surface area (Å²) < 4.78 is 49.3. The van der Waals surface area contributed by atoms with Crippen LogP contribution in [0.5, 0.6) is 0 Å². The summed E-state index contributed by atoms with van der Waals surface area (Å²) in [4.78, 5) is 13.6. The Hall–Kier alpha value is -1.70. The quantitative estimate of drug-likeness (QED) is 0.886. The number of nitrogens with one attached hydrogen (secondary N) is 1. The van der Waals surface area contributed by atoms with Crippen molar-refractivity contribution in [2.24, 2.45) is 5.92 Å². The van der Waals surface area contributed by atoms with Gasteiger partial charge < -0.3 is 19.4 Å². The number of aryl methyl sites for hydroxylation is 1. The lowest BCUT2D eigenvalue weighted by molar-refractivity contribution is -0.184. The van der Waals surface area contributed by atoms with Crippen molar-refractivity contribution in [2.45, 2.75) is 38.4 Å². The number of ether oxygens (including phenoxy) is 1. The number of methoxy groups -OCH3 is 1. The molecule has 2 atom stereocenters. The Bertz CT molecular complexity index is 545. The molecule has 1 saturated heterocycles. The number of urea groups is 1. The number of alkyl halides is 3. The predicted octanol–water partition coefficient (Wildman–Crippen LogP) is 3.51. The predicted molar refractivity (Wildman–Crippen MR) is 81.6 cm³/mol. The zero-order valence-corrected chi connectivity index (χ0v) is 13.9. The molecule has 0 spiro atoms. The Balaban J connectivity index is 2.02. The van der Waals surface area contributed by atoms with Crippen molar-refractivity contribution in [1.29, 1.82) is 0 Å². The average Bonchev–Trinajstić information content (AvgIpc) is 3.02. The molecule has 8 heteroatoms. The lowest BCUT2D eigenvalue weighted by Crippen LogP contribution is -2.49. The van der Waals surface area contributed by atoms with E-state index in [1.165, 1.54) is 12.0 Å². The van der Waals surface area contributed by atoms with Gasteiger partial charge in [0.25, 0.3) is 0 Å². The zero-order chi connectivity index (χ0) is 17.7. The highest BCUT2D eigenvalue weighted by Crippen LogP contribution is 2.33. The van der Waals surface area contributed by atoms with Gasteiger partial charge in [-0.1, -0.05) is 6.92 Å². The molecule has 2 heterocycles. The maximum atomic E-state index is 12.9. The van der Waals surface area contributed by atoms with Crippen LogP contribution in [0.1, 0.15) is 37.3 Å². The maximum Gasteiger partial charge on any atom is 0.393 e. The lowest BCUT2D eigenvalue weighted by atomic mass is 9.98. The lowest BCUT2D eigenvalue weighted by Gasteiger charge is -2.34. The second-order valence-electron chi connectivity index (χ2n) is 5.94. The molecule has 0 radical (unpaired) electrons. The number of hydrogen-bond donors (Lipinski definition) is 1. The van der Waals surface area contributed by atoms with E-state index in [0.29, 0.717) is 25.1 Å². The molecule has 1 fully saturated rings. The number of carbonyl (C=O) groups excluding carboxylic acids is 1. The molecule has 0 bridgehead atoms. The summed E-state index contributed by atoms with van der Waals surface area (Å²) in [5.74, 6) is -0.157. The summed E-state index contributed by atoms with van der Waals surface area (Å²) in [6.07, 6.45) is -3.16. The Kier molecular flexibility index (Phi) is 6.15. The van der Waals surface area contributed by atoms with Gasteiger partial charge in [-0.3, -0.25) is 0 Å². The van der Waals surface area contributed by atoms with E-state index in [4.69, 9.17) is 9.15 Å². The fourth-order valence-corrected chi connectivity index (χ4v) is 2.80. The van der Waals surface area contributed by atoms with Crippen molar-refractivity contribution in [1.82, 2.24) is 10.2 Å². The van der Waals surface area contributed by atoms with Crippen LogP contribution >= 0.6 is 0 Å². The highest BCUT2D eigenvalue weighted by atomic mass is 19.4. The number of piperidine rings is 1. The molecule has 0 aliphatic carbocycles. The third-order valence-corrected chi connectivity index (χ3v) is 4.18. The largest absolute Gasteiger partial charge is 0.464 e. The molecule has 1 N–H and O–H groups in total. The Labute approximate surface area is 139 Å². The van der Waals surface area contributed by atoms with E-state index in [2.05, 4.69) is 5.32 Å². The standard InChI is InChI=1S/C16H23F3N2O3/c1-3-12-6-7-14(24-12)13(10-23-2)20-15(22)21-8-4-5-11(9-21)16(17,18)19/h6-7,11,13H,3-5,8-10H2,1-2H3,(H,20,22). The number of amides is 2. The number of rotatable bonds is 5. The number of nitrogens with zero attached hydrogens (tertiary/aromatic N) is 1. The smallest absolute Gasteiger partial charge is 0.393 e. The molecular formula is C16H23F3N2O3. The number of halogens is 3. The van der Waals surface area contributed by atoms with E-state index in [1.807, 2.05) is 13.0 Å². The van der Waals surface area contributed by atoms with E-state index in [1.54, 1.807) is 6.07 Å². The fourth-order valence-electron chi connectivity index (χ4n) is 2.80. The first kappa shape index (κ1) is 18.6. The van der Waals surface area contributed by atoms with Crippen LogP contribution in [0.15, 0.2) is 16.5 Å². The minimum absolute atomic E-state index is 0.0623. The average molecular weight is 348 g/mol. The summed E-state index contributed by atoms with van der Waals surface area (Å²) in [5, 5.41) is 2.71. The van der Waals surface area contributed by atoms with Gasteiger partial charge in [0.1, 0.15) is 17.6 Å². The molecule has 0 saturated carbocycles. The Morgan fingerprint density at radius 2 is 2.25 bits per heavy atom. The normalized spacial score (nSPS) is 20.0. The van der Waals surface area contributed by atoms with Gasteiger partial charge in [-0.05, 0) is 25.0 Å². The first-order chi connectivity index (χ1) is 11.3. The summed E-state index contributed by atoms with van der Waals surface area (Å²) in [7, 11) is 1.49. The second kappa shape index (κ2) is 7.92. The fraction of sp³-hybridized carbons (Fsp3) is 0.688. The number of carbonyl (C=O) groups is 1. The van der Waals surface area contributed by atoms with Crippen molar-refractivity contribution < 1.29 is 27.1 Å². The van der Waals surface area contributed by atoms with Crippen molar-refractivity contribution in [3.05, 3.63) is 23.7 Å². The van der Waals surface area contributed by atoms with Gasteiger partial charge in [0, 0.05) is 26.6 Å². The van der Waals surface area contributed by atoms with Crippen LogP contribution < -0.4 is 5.32 Å². The van der Waals surface area contributed by atoms with Crippen LogP contribution in [0.4, 0.5) is 18.0 Å². The van der Waals surface area contributed by atoms with Crippen LogP contribution in [0, 0.1) is 5.92 Å². The van der Waals surface area contributed by atoms with Gasteiger partial charge >= 0.3 is 12.2 Å². The highest BCUT2D eigenvalue weighted by Gasteiger charge is 2.42. The summed E-state index contributed by atoms with van der Waals surface area (Å²) >= 11 is 0. The topological polar surface area (TPSA) is 54.7 Å². The van der Waals surface area contributed by atoms with Crippen molar-refractivity contribution in [3.63, 3.8) is 0 Å². The minimum atomic E-state index is -4.28. The van der Waals surface area contributed by atoms with E-state index in [9.17, 15) is 18.0 Å². The van der Waals surface area contributed by atoms with Gasteiger partial charge in [0.15, 0.2) is 0 Å². The zero-order valence-electron chi connectivity index (χ0n) is 13.9. The first-order valence-electron chi connectivity index (χ1n) is 8.04. The molecule has 1 aliphatic rings. The van der Waals surface area contributed by atoms with Crippen LogP contribution in [-0.4, -0.2) is 43.9 Å². The van der Waals surface area contributed by atoms with Crippen molar-refractivity contribution in [2.75, 3.05) is 26.8 Å². The Morgan fingerprint density at radius 3 is 2.83 bits per heavy atom. The van der Waals surface area contributed by atoms with Gasteiger partial charge in [0.2, 0.25) is 0 Å². The minimum Gasteiger partial charge on any atom is -0.464 e. The molecule has 24 heavy (non-hydrogen) atoms. The molecule has 1 aliphatic heterocycles. The van der Waals surface area contributed by atoms with Crippen LogP contribution in [0.3, 0.4) is 0 Å².